The largest absolute Gasteiger partial charge is 0.486 e. The third-order valence-corrected chi connectivity index (χ3v) is 5.48. The van der Waals surface area contributed by atoms with E-state index >= 15 is 0 Å². The molecule has 33 heavy (non-hydrogen) atoms. The molecule has 11 heteroatoms. The molecule has 0 saturated heterocycles. The third-order valence-electron chi connectivity index (χ3n) is 4.61. The van der Waals surface area contributed by atoms with Crippen molar-refractivity contribution in [1.82, 2.24) is 4.98 Å². The minimum absolute atomic E-state index is 0.0338. The number of thiazole rings is 1. The van der Waals surface area contributed by atoms with Crippen LogP contribution in [-0.2, 0) is 22.3 Å². The highest BCUT2D eigenvalue weighted by Crippen LogP contribution is 2.35. The molecule has 0 fully saturated rings. The number of nitrogens with zero attached hydrogens (tertiary/aromatic N) is 2. The average Bonchev–Trinajstić information content (AvgIpc) is 3.25. The van der Waals surface area contributed by atoms with E-state index in [4.69, 9.17) is 14.2 Å². The Balaban J connectivity index is 1.47. The number of carbonyl (C=O) groups excluding carboxylic acids is 2. The van der Waals surface area contributed by atoms with Gasteiger partial charge in [0.15, 0.2) is 16.6 Å². The van der Waals surface area contributed by atoms with Crippen molar-refractivity contribution < 1.29 is 37.0 Å². The molecule has 4 rings (SSSR count). The molecular formula is C22H17F3N2O5S. The van der Waals surface area contributed by atoms with Crippen LogP contribution in [0.25, 0.3) is 0 Å². The molecule has 0 atom stereocenters. The van der Waals surface area contributed by atoms with Crippen molar-refractivity contribution in [3.63, 3.8) is 0 Å². The van der Waals surface area contributed by atoms with Crippen LogP contribution in [0.3, 0.4) is 0 Å². The minimum Gasteiger partial charge on any atom is -0.486 e. The molecule has 3 aromatic rings. The Kier molecular flexibility index (Phi) is 6.23. The second-order valence-electron chi connectivity index (χ2n) is 6.96. The van der Waals surface area contributed by atoms with Crippen LogP contribution >= 0.6 is 11.3 Å². The molecule has 0 saturated carbocycles. The van der Waals surface area contributed by atoms with Crippen molar-refractivity contribution in [3.05, 3.63) is 64.7 Å². The van der Waals surface area contributed by atoms with Gasteiger partial charge in [0.05, 0.1) is 22.5 Å². The standard InChI is InChI=1S/C22H17F3N2O5S/c1-13(28)27(17-4-2-3-15(10-17)22(23,24)25)21-26-16(12-33-21)11-32-20(29)14-5-6-18-19(9-14)31-8-7-30-18/h2-6,9-10,12H,7-8,11H2,1H3. The number of alkyl halides is 3. The molecule has 172 valence electrons. The molecular weight excluding hydrogens is 461 g/mol. The van der Waals surface area contributed by atoms with Gasteiger partial charge >= 0.3 is 12.1 Å². The second kappa shape index (κ2) is 9.10. The van der Waals surface area contributed by atoms with E-state index in [2.05, 4.69) is 4.98 Å². The van der Waals surface area contributed by atoms with Gasteiger partial charge in [-0.1, -0.05) is 6.07 Å². The summed E-state index contributed by atoms with van der Waals surface area (Å²) in [5.74, 6) is -0.128. The monoisotopic (exact) mass is 478 g/mol. The Morgan fingerprint density at radius 2 is 1.88 bits per heavy atom. The van der Waals surface area contributed by atoms with Crippen LogP contribution in [0.4, 0.5) is 24.0 Å². The molecule has 0 spiro atoms. The van der Waals surface area contributed by atoms with E-state index in [0.29, 0.717) is 30.4 Å². The minimum atomic E-state index is -4.55. The zero-order valence-electron chi connectivity index (χ0n) is 17.2. The predicted molar refractivity (Wildman–Crippen MR) is 113 cm³/mol. The number of anilines is 2. The summed E-state index contributed by atoms with van der Waals surface area (Å²) in [7, 11) is 0. The fourth-order valence-electron chi connectivity index (χ4n) is 3.11. The molecule has 7 nitrogen and oxygen atoms in total. The molecule has 2 heterocycles. The van der Waals surface area contributed by atoms with E-state index in [9.17, 15) is 22.8 Å². The first-order chi connectivity index (χ1) is 15.7. The maximum atomic E-state index is 13.1. The van der Waals surface area contributed by atoms with Gasteiger partial charge in [-0.05, 0) is 36.4 Å². The quantitative estimate of drug-likeness (QED) is 0.482. The highest BCUT2D eigenvalue weighted by Gasteiger charge is 2.31. The van der Waals surface area contributed by atoms with Crippen LogP contribution in [-0.4, -0.2) is 30.1 Å². The van der Waals surface area contributed by atoms with Crippen molar-refractivity contribution in [3.8, 4) is 11.5 Å². The number of aromatic nitrogens is 1. The number of rotatable bonds is 5. The van der Waals surface area contributed by atoms with Crippen LogP contribution in [0.15, 0.2) is 47.8 Å². The molecule has 1 amide bonds. The number of ether oxygens (including phenoxy) is 3. The van der Waals surface area contributed by atoms with E-state index < -0.39 is 23.6 Å². The summed E-state index contributed by atoms with van der Waals surface area (Å²) >= 11 is 1.05. The average molecular weight is 478 g/mol. The lowest BCUT2D eigenvalue weighted by Gasteiger charge is -2.19. The van der Waals surface area contributed by atoms with Gasteiger partial charge in [-0.25, -0.2) is 9.78 Å². The number of halogens is 3. The van der Waals surface area contributed by atoms with E-state index in [-0.39, 0.29) is 23.0 Å². The molecule has 1 aliphatic heterocycles. The van der Waals surface area contributed by atoms with Gasteiger partial charge in [-0.3, -0.25) is 9.69 Å². The Morgan fingerprint density at radius 3 is 2.61 bits per heavy atom. The van der Waals surface area contributed by atoms with Gasteiger partial charge in [0, 0.05) is 12.3 Å². The van der Waals surface area contributed by atoms with Crippen molar-refractivity contribution in [2.75, 3.05) is 18.1 Å². The van der Waals surface area contributed by atoms with E-state index in [1.807, 2.05) is 0 Å². The van der Waals surface area contributed by atoms with Crippen LogP contribution in [0.1, 0.15) is 28.5 Å². The normalized spacial score (nSPS) is 12.8. The van der Waals surface area contributed by atoms with Crippen molar-refractivity contribution in [2.24, 2.45) is 0 Å². The number of carbonyl (C=O) groups is 2. The lowest BCUT2D eigenvalue weighted by atomic mass is 10.2. The number of fused-ring (bicyclic) bond motifs is 1. The third kappa shape index (κ3) is 5.08. The summed E-state index contributed by atoms with van der Waals surface area (Å²) < 4.78 is 55.4. The van der Waals surface area contributed by atoms with Gasteiger partial charge < -0.3 is 14.2 Å². The zero-order chi connectivity index (χ0) is 23.6. The highest BCUT2D eigenvalue weighted by atomic mass is 32.1. The second-order valence-corrected chi connectivity index (χ2v) is 7.80. The molecule has 1 aromatic heterocycles. The molecule has 0 aliphatic carbocycles. The fourth-order valence-corrected chi connectivity index (χ4v) is 3.98. The molecule has 1 aliphatic rings. The van der Waals surface area contributed by atoms with Gasteiger partial charge in [0.2, 0.25) is 5.91 Å². The smallest absolute Gasteiger partial charge is 0.416 e. The lowest BCUT2D eigenvalue weighted by molar-refractivity contribution is -0.137. The number of hydrogen-bond acceptors (Lipinski definition) is 7. The molecule has 0 radical (unpaired) electrons. The van der Waals surface area contributed by atoms with Gasteiger partial charge in [-0.2, -0.15) is 13.2 Å². The van der Waals surface area contributed by atoms with Crippen molar-refractivity contribution in [1.29, 1.82) is 0 Å². The van der Waals surface area contributed by atoms with Crippen molar-refractivity contribution >= 4 is 34.0 Å². The Morgan fingerprint density at radius 1 is 1.12 bits per heavy atom. The summed E-state index contributed by atoms with van der Waals surface area (Å²) in [5, 5.41) is 1.72. The first-order valence-electron chi connectivity index (χ1n) is 9.71. The number of hydrogen-bond donors (Lipinski definition) is 0. The molecule has 0 N–H and O–H groups in total. The molecule has 0 unspecified atom stereocenters. The van der Waals surface area contributed by atoms with Crippen LogP contribution < -0.4 is 14.4 Å². The maximum absolute atomic E-state index is 13.1. The van der Waals surface area contributed by atoms with Gasteiger partial charge in [0.1, 0.15) is 19.8 Å². The number of amides is 1. The SMILES string of the molecule is CC(=O)N(c1cccc(C(F)(F)F)c1)c1nc(COC(=O)c2ccc3c(c2)OCCO3)cs1. The van der Waals surface area contributed by atoms with E-state index in [0.717, 1.165) is 28.4 Å². The maximum Gasteiger partial charge on any atom is 0.416 e. The summed E-state index contributed by atoms with van der Waals surface area (Å²) in [6, 6.07) is 9.10. The lowest BCUT2D eigenvalue weighted by Crippen LogP contribution is -2.23. The van der Waals surface area contributed by atoms with Crippen molar-refractivity contribution in [2.45, 2.75) is 19.7 Å². The number of benzene rings is 2. The zero-order valence-corrected chi connectivity index (χ0v) is 18.0. The summed E-state index contributed by atoms with van der Waals surface area (Å²) in [4.78, 5) is 29.9. The molecule has 0 bridgehead atoms. The number of esters is 1. The van der Waals surface area contributed by atoms with E-state index in [1.54, 1.807) is 17.5 Å². The summed E-state index contributed by atoms with van der Waals surface area (Å²) in [5.41, 5.74) is -0.231. The van der Waals surface area contributed by atoms with E-state index in [1.165, 1.54) is 25.1 Å². The topological polar surface area (TPSA) is 78.0 Å². The van der Waals surface area contributed by atoms with Crippen LogP contribution in [0, 0.1) is 0 Å². The molecule has 2 aromatic carbocycles. The highest BCUT2D eigenvalue weighted by molar-refractivity contribution is 7.14. The first kappa shape index (κ1) is 22.6. The summed E-state index contributed by atoms with van der Waals surface area (Å²) in [6.07, 6.45) is -4.55. The Hall–Kier alpha value is -3.60. The first-order valence-corrected chi connectivity index (χ1v) is 10.6. The predicted octanol–water partition coefficient (Wildman–Crippen LogP) is 4.97. The fraction of sp³-hybridized carbons (Fsp3) is 0.227. The Bertz CT molecular complexity index is 1190. The van der Waals surface area contributed by atoms with Gasteiger partial charge in [-0.15, -0.1) is 11.3 Å². The Labute approximate surface area is 190 Å². The summed E-state index contributed by atoms with van der Waals surface area (Å²) in [6.45, 7) is 1.85. The van der Waals surface area contributed by atoms with Crippen LogP contribution in [0.2, 0.25) is 0 Å². The van der Waals surface area contributed by atoms with Gasteiger partial charge in [0.25, 0.3) is 0 Å². The van der Waals surface area contributed by atoms with Crippen LogP contribution in [0.5, 0.6) is 11.5 Å².